The van der Waals surface area contributed by atoms with Crippen molar-refractivity contribution in [2.45, 2.75) is 19.9 Å². The van der Waals surface area contributed by atoms with Crippen LogP contribution in [0.2, 0.25) is 0 Å². The van der Waals surface area contributed by atoms with Gasteiger partial charge in [0.15, 0.2) is 5.69 Å². The summed E-state index contributed by atoms with van der Waals surface area (Å²) in [4.78, 5) is 30.1. The molecule has 0 aliphatic rings. The van der Waals surface area contributed by atoms with Crippen LogP contribution in [0.3, 0.4) is 0 Å². The van der Waals surface area contributed by atoms with Crippen LogP contribution in [0.4, 0.5) is 0 Å². The summed E-state index contributed by atoms with van der Waals surface area (Å²) in [5.41, 5.74) is 0.468. The lowest BCUT2D eigenvalue weighted by Gasteiger charge is -2.21. The zero-order valence-electron chi connectivity index (χ0n) is 15.3. The van der Waals surface area contributed by atoms with Gasteiger partial charge in [-0.3, -0.25) is 4.79 Å². The summed E-state index contributed by atoms with van der Waals surface area (Å²) in [5.74, 6) is 0.433. The molecule has 0 saturated heterocycles. The van der Waals surface area contributed by atoms with Crippen molar-refractivity contribution >= 4 is 11.9 Å². The third kappa shape index (κ3) is 4.33. The lowest BCUT2D eigenvalue weighted by Crippen LogP contribution is -2.31. The number of esters is 1. The topological polar surface area (TPSA) is 91.1 Å². The number of benzene rings is 1. The quantitative estimate of drug-likeness (QED) is 0.666. The van der Waals surface area contributed by atoms with Gasteiger partial charge in [-0.05, 0) is 18.6 Å². The molecule has 140 valence electrons. The minimum atomic E-state index is -0.592. The second-order valence-electron chi connectivity index (χ2n) is 5.41. The minimum Gasteiger partial charge on any atom is -0.497 e. The molecule has 0 fully saturated rings. The first-order chi connectivity index (χ1) is 12.5. The maximum atomic E-state index is 13.0. The number of carbonyl (C=O) groups excluding carboxylic acids is 2. The Morgan fingerprint density at radius 3 is 2.58 bits per heavy atom. The zero-order chi connectivity index (χ0) is 19.1. The van der Waals surface area contributed by atoms with E-state index in [1.807, 2.05) is 6.92 Å². The van der Waals surface area contributed by atoms with Crippen molar-refractivity contribution in [2.24, 2.45) is 0 Å². The molecule has 0 saturated carbocycles. The minimum absolute atomic E-state index is 0.0634. The molecule has 0 unspecified atom stereocenters. The van der Waals surface area contributed by atoms with Gasteiger partial charge >= 0.3 is 5.97 Å². The fourth-order valence-electron chi connectivity index (χ4n) is 2.41. The van der Waals surface area contributed by atoms with Gasteiger partial charge in [0.2, 0.25) is 5.89 Å². The van der Waals surface area contributed by atoms with Gasteiger partial charge in [0, 0.05) is 12.6 Å². The zero-order valence-corrected chi connectivity index (χ0v) is 15.3. The highest BCUT2D eigenvalue weighted by molar-refractivity contribution is 5.97. The summed E-state index contributed by atoms with van der Waals surface area (Å²) in [6.07, 6.45) is 1.96. The summed E-state index contributed by atoms with van der Waals surface area (Å²) in [6, 6.07) is 5.00. The number of nitrogens with zero attached hydrogens (tertiary/aromatic N) is 2. The van der Waals surface area contributed by atoms with Crippen LogP contribution >= 0.6 is 0 Å². The monoisotopic (exact) mass is 362 g/mol. The first-order valence-electron chi connectivity index (χ1n) is 8.08. The summed E-state index contributed by atoms with van der Waals surface area (Å²) in [7, 11) is 4.30. The van der Waals surface area contributed by atoms with E-state index in [9.17, 15) is 9.59 Å². The molecular formula is C18H22N2O6. The van der Waals surface area contributed by atoms with E-state index in [1.54, 1.807) is 30.2 Å². The smallest absolute Gasteiger partial charge is 0.360 e. The fraction of sp³-hybridized carbons (Fsp3) is 0.389. The van der Waals surface area contributed by atoms with Crippen LogP contribution in [0.5, 0.6) is 11.5 Å². The number of ether oxygens (including phenoxy) is 3. The molecule has 8 nitrogen and oxygen atoms in total. The Balaban J connectivity index is 2.24. The molecule has 1 heterocycles. The second kappa shape index (κ2) is 8.89. The highest BCUT2D eigenvalue weighted by atomic mass is 16.5. The number of methoxy groups -OCH3 is 3. The molecule has 1 aromatic heterocycles. The van der Waals surface area contributed by atoms with Crippen LogP contribution < -0.4 is 9.47 Å². The lowest BCUT2D eigenvalue weighted by atomic mass is 10.1. The Morgan fingerprint density at radius 1 is 1.19 bits per heavy atom. The van der Waals surface area contributed by atoms with Crippen molar-refractivity contribution in [1.29, 1.82) is 0 Å². The van der Waals surface area contributed by atoms with Gasteiger partial charge in [-0.2, -0.15) is 0 Å². The third-order valence-corrected chi connectivity index (χ3v) is 3.69. The maximum Gasteiger partial charge on any atom is 0.360 e. The number of amides is 1. The number of carbonyl (C=O) groups is 2. The largest absolute Gasteiger partial charge is 0.497 e. The van der Waals surface area contributed by atoms with Crippen LogP contribution in [0.15, 0.2) is 28.9 Å². The first-order valence-corrected chi connectivity index (χ1v) is 8.08. The maximum absolute atomic E-state index is 13.0. The Hall–Kier alpha value is -3.03. The number of hydrogen-bond donors (Lipinski definition) is 0. The van der Waals surface area contributed by atoms with Crippen LogP contribution in [0.1, 0.15) is 40.1 Å². The predicted octanol–water partition coefficient (Wildman–Crippen LogP) is 2.53. The van der Waals surface area contributed by atoms with Crippen molar-refractivity contribution in [2.75, 3.05) is 27.9 Å². The molecule has 8 heteroatoms. The molecule has 0 spiro atoms. The molecule has 2 aromatic rings. The molecule has 2 rings (SSSR count). The van der Waals surface area contributed by atoms with Gasteiger partial charge in [-0.25, -0.2) is 9.78 Å². The molecular weight excluding hydrogens is 340 g/mol. The van der Waals surface area contributed by atoms with Crippen molar-refractivity contribution in [1.82, 2.24) is 9.88 Å². The normalized spacial score (nSPS) is 10.3. The van der Waals surface area contributed by atoms with Gasteiger partial charge in [-0.15, -0.1) is 0 Å². The van der Waals surface area contributed by atoms with Crippen LogP contribution in [-0.2, 0) is 11.3 Å². The molecule has 0 radical (unpaired) electrons. The standard InChI is InChI=1S/C18H22N2O6/c1-5-8-20(10-16-19-14(11-26-16)18(22)25-4)17(21)13-7-6-12(23-2)9-15(13)24-3/h6-7,9,11H,5,8,10H2,1-4H3. The first kappa shape index (κ1) is 19.3. The van der Waals surface area contributed by atoms with E-state index in [0.29, 0.717) is 23.6 Å². The molecule has 26 heavy (non-hydrogen) atoms. The van der Waals surface area contributed by atoms with Crippen LogP contribution in [0, 0.1) is 0 Å². The Morgan fingerprint density at radius 2 is 1.96 bits per heavy atom. The molecule has 0 aliphatic carbocycles. The molecule has 1 aromatic carbocycles. The average Bonchev–Trinajstić information content (AvgIpc) is 3.14. The van der Waals surface area contributed by atoms with Gasteiger partial charge in [-0.1, -0.05) is 6.92 Å². The van der Waals surface area contributed by atoms with Crippen molar-refractivity contribution in [3.05, 3.63) is 41.6 Å². The number of aromatic nitrogens is 1. The second-order valence-corrected chi connectivity index (χ2v) is 5.41. The van der Waals surface area contributed by atoms with E-state index in [1.165, 1.54) is 20.5 Å². The molecule has 0 N–H and O–H groups in total. The van der Waals surface area contributed by atoms with Gasteiger partial charge in [0.05, 0.1) is 33.4 Å². The van der Waals surface area contributed by atoms with Crippen molar-refractivity contribution in [3.8, 4) is 11.5 Å². The lowest BCUT2D eigenvalue weighted by molar-refractivity contribution is 0.0594. The van der Waals surface area contributed by atoms with Crippen LogP contribution in [-0.4, -0.2) is 49.6 Å². The van der Waals surface area contributed by atoms with Crippen molar-refractivity contribution < 1.29 is 28.2 Å². The van der Waals surface area contributed by atoms with E-state index in [4.69, 9.17) is 13.9 Å². The Kier molecular flexibility index (Phi) is 6.60. The van der Waals surface area contributed by atoms with Crippen LogP contribution in [0.25, 0.3) is 0 Å². The number of oxazole rings is 1. The number of hydrogen-bond acceptors (Lipinski definition) is 7. The summed E-state index contributed by atoms with van der Waals surface area (Å²) < 4.78 is 20.4. The Bertz CT molecular complexity index is 771. The summed E-state index contributed by atoms with van der Waals surface area (Å²) >= 11 is 0. The van der Waals surface area contributed by atoms with E-state index in [2.05, 4.69) is 9.72 Å². The highest BCUT2D eigenvalue weighted by Gasteiger charge is 2.22. The highest BCUT2D eigenvalue weighted by Crippen LogP contribution is 2.26. The molecule has 0 aliphatic heterocycles. The summed E-state index contributed by atoms with van der Waals surface area (Å²) in [6.45, 7) is 2.57. The average molecular weight is 362 g/mol. The fourth-order valence-corrected chi connectivity index (χ4v) is 2.41. The predicted molar refractivity (Wildman–Crippen MR) is 92.4 cm³/mol. The third-order valence-electron chi connectivity index (χ3n) is 3.69. The van der Waals surface area contributed by atoms with E-state index < -0.39 is 5.97 Å². The molecule has 1 amide bonds. The Labute approximate surface area is 151 Å². The number of rotatable bonds is 8. The van der Waals surface area contributed by atoms with Crippen molar-refractivity contribution in [3.63, 3.8) is 0 Å². The van der Waals surface area contributed by atoms with Gasteiger partial charge < -0.3 is 23.5 Å². The van der Waals surface area contributed by atoms with E-state index >= 15 is 0 Å². The molecule has 0 bridgehead atoms. The van der Waals surface area contributed by atoms with Gasteiger partial charge in [0.25, 0.3) is 5.91 Å². The van der Waals surface area contributed by atoms with E-state index in [0.717, 1.165) is 6.42 Å². The SMILES string of the molecule is CCCN(Cc1nc(C(=O)OC)co1)C(=O)c1ccc(OC)cc1OC. The summed E-state index contributed by atoms with van der Waals surface area (Å²) in [5, 5.41) is 0. The van der Waals surface area contributed by atoms with Gasteiger partial charge in [0.1, 0.15) is 17.8 Å². The van der Waals surface area contributed by atoms with E-state index in [-0.39, 0.29) is 24.0 Å². The molecule has 0 atom stereocenters.